The van der Waals surface area contributed by atoms with Crippen molar-refractivity contribution in [3.63, 3.8) is 0 Å². The maximum atomic E-state index is 10.5. The van der Waals surface area contributed by atoms with Gasteiger partial charge in [0.1, 0.15) is 0 Å². The van der Waals surface area contributed by atoms with Gasteiger partial charge in [-0.1, -0.05) is 30.4 Å². The van der Waals surface area contributed by atoms with Gasteiger partial charge in [-0.3, -0.25) is 9.65 Å². The second kappa shape index (κ2) is 9.11. The quantitative estimate of drug-likeness (QED) is 0.378. The van der Waals surface area contributed by atoms with Crippen LogP contribution in [0.4, 0.5) is 0 Å². The predicted octanol–water partition coefficient (Wildman–Crippen LogP) is 2.02. The van der Waals surface area contributed by atoms with Crippen LogP contribution in [0.5, 0.6) is 0 Å². The number of hydrogen-bond donors (Lipinski definition) is 2. The molecule has 1 rings (SSSR count). The summed E-state index contributed by atoms with van der Waals surface area (Å²) in [4.78, 5) is 4.28. The van der Waals surface area contributed by atoms with Crippen molar-refractivity contribution in [1.82, 2.24) is 15.2 Å². The molecular formula is C9H17N3O3S4. The van der Waals surface area contributed by atoms with Crippen molar-refractivity contribution in [2.45, 2.75) is 23.7 Å². The van der Waals surface area contributed by atoms with Gasteiger partial charge < -0.3 is 0 Å². The summed E-state index contributed by atoms with van der Waals surface area (Å²) in [5.74, 6) is 3.53. The lowest BCUT2D eigenvalue weighted by Gasteiger charge is -1.96. The first-order valence-electron chi connectivity index (χ1n) is 5.72. The van der Waals surface area contributed by atoms with E-state index in [1.54, 1.807) is 11.8 Å². The molecule has 0 aromatic carbocycles. The van der Waals surface area contributed by atoms with Gasteiger partial charge in [-0.05, 0) is 12.2 Å². The van der Waals surface area contributed by atoms with Crippen molar-refractivity contribution in [1.29, 1.82) is 0 Å². The average molecular weight is 344 g/mol. The molecule has 0 aliphatic rings. The average Bonchev–Trinajstić information content (AvgIpc) is 2.77. The third-order valence-corrected chi connectivity index (χ3v) is 5.65. The Balaban J connectivity index is 2.19. The first kappa shape index (κ1) is 17.2. The molecule has 0 atom stereocenters. The molecule has 0 fully saturated rings. The van der Waals surface area contributed by atoms with Crippen LogP contribution >= 0.6 is 35.3 Å². The SMILES string of the molecule is CCSCCSc1nc(SCCCS(=O)(=O)O)n[nH]1. The van der Waals surface area contributed by atoms with Crippen molar-refractivity contribution in [3.05, 3.63) is 0 Å². The smallest absolute Gasteiger partial charge is 0.264 e. The summed E-state index contributed by atoms with van der Waals surface area (Å²) in [7, 11) is -3.86. The number of thioether (sulfide) groups is 3. The summed E-state index contributed by atoms with van der Waals surface area (Å²) in [6.07, 6.45) is 0.383. The number of aromatic amines is 1. The third-order valence-electron chi connectivity index (χ3n) is 1.89. The standard InChI is InChI=1S/C9H17N3O3S4/c1-2-16-5-6-18-9-10-8(11-12-9)17-4-3-7-19(13,14)15/h2-7H2,1H3,(H,10,11,12)(H,13,14,15). The molecule has 0 aliphatic heterocycles. The number of nitrogens with zero attached hydrogens (tertiary/aromatic N) is 2. The van der Waals surface area contributed by atoms with Gasteiger partial charge in [-0.25, -0.2) is 0 Å². The minimum atomic E-state index is -3.86. The van der Waals surface area contributed by atoms with Crippen LogP contribution in [-0.2, 0) is 10.1 Å². The number of aromatic nitrogens is 3. The molecule has 0 aliphatic carbocycles. The van der Waals surface area contributed by atoms with Crippen LogP contribution in [0.2, 0.25) is 0 Å². The van der Waals surface area contributed by atoms with Crippen LogP contribution in [0, 0.1) is 0 Å². The maximum Gasteiger partial charge on any atom is 0.264 e. The molecule has 0 saturated heterocycles. The fraction of sp³-hybridized carbons (Fsp3) is 0.778. The lowest BCUT2D eigenvalue weighted by molar-refractivity contribution is 0.482. The van der Waals surface area contributed by atoms with Crippen molar-refractivity contribution in [2.24, 2.45) is 0 Å². The molecule has 1 aromatic heterocycles. The topological polar surface area (TPSA) is 95.9 Å². The second-order valence-electron chi connectivity index (χ2n) is 3.46. The number of hydrogen-bond acceptors (Lipinski definition) is 7. The molecule has 10 heteroatoms. The summed E-state index contributed by atoms with van der Waals surface area (Å²) in [6, 6.07) is 0. The van der Waals surface area contributed by atoms with Crippen molar-refractivity contribution in [2.75, 3.05) is 28.8 Å². The zero-order valence-electron chi connectivity index (χ0n) is 10.5. The van der Waals surface area contributed by atoms with Crippen LogP contribution in [0.15, 0.2) is 10.3 Å². The highest BCUT2D eigenvalue weighted by atomic mass is 32.2. The lowest BCUT2D eigenvalue weighted by atomic mass is 10.6. The van der Waals surface area contributed by atoms with Gasteiger partial charge >= 0.3 is 0 Å². The van der Waals surface area contributed by atoms with E-state index in [4.69, 9.17) is 4.55 Å². The second-order valence-corrected chi connectivity index (χ2v) is 8.57. The summed E-state index contributed by atoms with van der Waals surface area (Å²) in [5, 5.41) is 8.28. The van der Waals surface area contributed by atoms with E-state index in [-0.39, 0.29) is 5.75 Å². The van der Waals surface area contributed by atoms with E-state index in [0.717, 1.165) is 22.4 Å². The molecular weight excluding hydrogens is 326 g/mol. The molecule has 19 heavy (non-hydrogen) atoms. The number of H-pyrrole nitrogens is 1. The van der Waals surface area contributed by atoms with Gasteiger partial charge in [0.15, 0.2) is 5.16 Å². The summed E-state index contributed by atoms with van der Waals surface area (Å²) in [6.45, 7) is 2.13. The fourth-order valence-electron chi connectivity index (χ4n) is 1.11. The summed E-state index contributed by atoms with van der Waals surface area (Å²) >= 11 is 4.89. The summed E-state index contributed by atoms with van der Waals surface area (Å²) < 4.78 is 29.6. The van der Waals surface area contributed by atoms with Crippen molar-refractivity contribution >= 4 is 45.4 Å². The van der Waals surface area contributed by atoms with Crippen LogP contribution in [0.1, 0.15) is 13.3 Å². The highest BCUT2D eigenvalue weighted by Crippen LogP contribution is 2.19. The molecule has 0 saturated carbocycles. The highest BCUT2D eigenvalue weighted by Gasteiger charge is 2.07. The highest BCUT2D eigenvalue weighted by molar-refractivity contribution is 8.02. The number of rotatable bonds is 10. The fourth-order valence-corrected chi connectivity index (χ4v) is 4.14. The van der Waals surface area contributed by atoms with E-state index in [1.807, 2.05) is 11.8 Å². The molecule has 1 aromatic rings. The van der Waals surface area contributed by atoms with Crippen molar-refractivity contribution in [3.8, 4) is 0 Å². The third kappa shape index (κ3) is 8.79. The van der Waals surface area contributed by atoms with Crippen LogP contribution in [0.25, 0.3) is 0 Å². The van der Waals surface area contributed by atoms with Gasteiger partial charge in [0.05, 0.1) is 5.75 Å². The molecule has 110 valence electrons. The number of nitrogens with one attached hydrogen (secondary N) is 1. The molecule has 1 heterocycles. The minimum Gasteiger partial charge on any atom is -0.286 e. The van der Waals surface area contributed by atoms with Crippen LogP contribution in [-0.4, -0.2) is 56.9 Å². The Hall–Kier alpha value is 0.1000. The first-order valence-corrected chi connectivity index (χ1v) is 10.5. The Kier molecular flexibility index (Phi) is 8.23. The zero-order valence-corrected chi connectivity index (χ0v) is 13.8. The summed E-state index contributed by atoms with van der Waals surface area (Å²) in [5.41, 5.74) is 0. The Morgan fingerprint density at radius 3 is 2.74 bits per heavy atom. The normalized spacial score (nSPS) is 11.9. The van der Waals surface area contributed by atoms with E-state index in [0.29, 0.717) is 17.3 Å². The molecule has 0 spiro atoms. The molecule has 0 unspecified atom stereocenters. The largest absolute Gasteiger partial charge is 0.286 e. The Labute approximate surface area is 126 Å². The van der Waals surface area contributed by atoms with Gasteiger partial charge in [-0.15, -0.1) is 5.10 Å². The van der Waals surface area contributed by atoms with Gasteiger partial charge in [0.25, 0.3) is 10.1 Å². The van der Waals surface area contributed by atoms with E-state index in [1.165, 1.54) is 11.8 Å². The van der Waals surface area contributed by atoms with E-state index < -0.39 is 10.1 Å². The predicted molar refractivity (Wildman–Crippen MR) is 81.9 cm³/mol. The minimum absolute atomic E-state index is 0.222. The lowest BCUT2D eigenvalue weighted by Crippen LogP contribution is -2.04. The Morgan fingerprint density at radius 1 is 1.26 bits per heavy atom. The maximum absolute atomic E-state index is 10.5. The van der Waals surface area contributed by atoms with E-state index in [2.05, 4.69) is 22.1 Å². The molecule has 6 nitrogen and oxygen atoms in total. The molecule has 0 bridgehead atoms. The van der Waals surface area contributed by atoms with Crippen LogP contribution < -0.4 is 0 Å². The van der Waals surface area contributed by atoms with Gasteiger partial charge in [0.2, 0.25) is 5.16 Å². The first-order chi connectivity index (χ1) is 9.01. The molecule has 0 radical (unpaired) electrons. The van der Waals surface area contributed by atoms with Gasteiger partial charge in [-0.2, -0.15) is 25.2 Å². The molecule has 2 N–H and O–H groups in total. The Morgan fingerprint density at radius 2 is 2.05 bits per heavy atom. The van der Waals surface area contributed by atoms with E-state index >= 15 is 0 Å². The van der Waals surface area contributed by atoms with Crippen LogP contribution in [0.3, 0.4) is 0 Å². The molecule has 0 amide bonds. The van der Waals surface area contributed by atoms with E-state index in [9.17, 15) is 8.42 Å². The Bertz CT molecular complexity index is 463. The van der Waals surface area contributed by atoms with Crippen molar-refractivity contribution < 1.29 is 13.0 Å². The zero-order chi connectivity index (χ0) is 14.1. The van der Waals surface area contributed by atoms with Gasteiger partial charge in [0, 0.05) is 17.3 Å². The monoisotopic (exact) mass is 343 g/mol.